The fourth-order valence-corrected chi connectivity index (χ4v) is 8.64. The van der Waals surface area contributed by atoms with Crippen LogP contribution in [0.4, 0.5) is 0 Å². The van der Waals surface area contributed by atoms with Gasteiger partial charge in [-0.2, -0.15) is 0 Å². The SMILES string of the molecule is CCCCCCCCCCCCCCCCCCCCCCCCC/C=C/C(O)C(CO)NC(=O)CCC/C=C\CCCCCCOC(=O)CCCCCCCCCCCCCC. The van der Waals surface area contributed by atoms with E-state index in [1.165, 1.54) is 205 Å². The second-order valence-electron chi connectivity index (χ2n) is 19.3. The molecule has 0 fully saturated rings. The van der Waals surface area contributed by atoms with Crippen molar-refractivity contribution in [1.82, 2.24) is 5.32 Å². The Morgan fingerprint density at radius 1 is 0.429 bits per heavy atom. The Hall–Kier alpha value is -1.66. The summed E-state index contributed by atoms with van der Waals surface area (Å²) in [7, 11) is 0. The molecule has 372 valence electrons. The second-order valence-corrected chi connectivity index (χ2v) is 19.3. The van der Waals surface area contributed by atoms with E-state index in [4.69, 9.17) is 4.74 Å². The number of carbonyl (C=O) groups excluding carboxylic acids is 2. The molecule has 0 aliphatic carbocycles. The summed E-state index contributed by atoms with van der Waals surface area (Å²) in [6, 6.07) is -0.665. The Labute approximate surface area is 392 Å². The highest BCUT2D eigenvalue weighted by Crippen LogP contribution is 2.17. The minimum atomic E-state index is -0.875. The molecule has 0 rings (SSSR count). The smallest absolute Gasteiger partial charge is 0.305 e. The number of aliphatic hydroxyl groups excluding tert-OH is 2. The van der Waals surface area contributed by atoms with Gasteiger partial charge >= 0.3 is 5.97 Å². The summed E-state index contributed by atoms with van der Waals surface area (Å²) in [5, 5.41) is 23.1. The van der Waals surface area contributed by atoms with Gasteiger partial charge in [-0.05, 0) is 51.4 Å². The van der Waals surface area contributed by atoms with Gasteiger partial charge in [0.1, 0.15) is 0 Å². The van der Waals surface area contributed by atoms with Gasteiger partial charge in [-0.25, -0.2) is 0 Å². The van der Waals surface area contributed by atoms with Crippen molar-refractivity contribution in [2.45, 2.75) is 315 Å². The maximum absolute atomic E-state index is 12.4. The molecule has 0 saturated heterocycles. The topological polar surface area (TPSA) is 95.9 Å². The molecule has 0 aliphatic heterocycles. The first-order valence-corrected chi connectivity index (χ1v) is 28.1. The zero-order chi connectivity index (χ0) is 45.8. The number of amides is 1. The molecule has 0 radical (unpaired) electrons. The molecule has 0 aromatic heterocycles. The predicted molar refractivity (Wildman–Crippen MR) is 273 cm³/mol. The quantitative estimate of drug-likeness (QED) is 0.0321. The maximum Gasteiger partial charge on any atom is 0.305 e. The summed E-state index contributed by atoms with van der Waals surface area (Å²) >= 11 is 0. The summed E-state index contributed by atoms with van der Waals surface area (Å²) in [6.07, 6.45) is 63.5. The van der Waals surface area contributed by atoms with Gasteiger partial charge in [-0.1, -0.05) is 263 Å². The molecule has 2 atom stereocenters. The number of ether oxygens (including phenoxy) is 1. The van der Waals surface area contributed by atoms with Crippen molar-refractivity contribution in [1.29, 1.82) is 0 Å². The molecule has 0 aromatic rings. The third-order valence-corrected chi connectivity index (χ3v) is 13.0. The Morgan fingerprint density at radius 2 is 0.762 bits per heavy atom. The Morgan fingerprint density at radius 3 is 1.16 bits per heavy atom. The summed E-state index contributed by atoms with van der Waals surface area (Å²) in [5.41, 5.74) is 0. The van der Waals surface area contributed by atoms with Gasteiger partial charge in [0.25, 0.3) is 0 Å². The lowest BCUT2D eigenvalue weighted by molar-refractivity contribution is -0.143. The molecule has 0 aromatic carbocycles. The highest BCUT2D eigenvalue weighted by atomic mass is 16.5. The zero-order valence-electron chi connectivity index (χ0n) is 42.3. The molecular formula is C57H109NO5. The molecule has 0 saturated carbocycles. The highest BCUT2D eigenvalue weighted by molar-refractivity contribution is 5.76. The number of aliphatic hydroxyl groups is 2. The van der Waals surface area contributed by atoms with Crippen LogP contribution in [0.2, 0.25) is 0 Å². The van der Waals surface area contributed by atoms with E-state index >= 15 is 0 Å². The monoisotopic (exact) mass is 888 g/mol. The van der Waals surface area contributed by atoms with Crippen molar-refractivity contribution in [2.24, 2.45) is 0 Å². The second kappa shape index (κ2) is 53.0. The zero-order valence-corrected chi connectivity index (χ0v) is 42.3. The molecule has 0 spiro atoms. The van der Waals surface area contributed by atoms with Crippen molar-refractivity contribution in [3.05, 3.63) is 24.3 Å². The lowest BCUT2D eigenvalue weighted by Gasteiger charge is -2.19. The summed E-state index contributed by atoms with van der Waals surface area (Å²) in [5.74, 6) is -0.162. The van der Waals surface area contributed by atoms with Crippen molar-refractivity contribution >= 4 is 11.9 Å². The number of nitrogens with one attached hydrogen (secondary N) is 1. The largest absolute Gasteiger partial charge is 0.466 e. The average Bonchev–Trinajstić information content (AvgIpc) is 3.28. The van der Waals surface area contributed by atoms with Crippen LogP contribution in [0.1, 0.15) is 303 Å². The molecule has 3 N–H and O–H groups in total. The number of hydrogen-bond donors (Lipinski definition) is 3. The Kier molecular flexibility index (Phi) is 51.6. The molecular weight excluding hydrogens is 779 g/mol. The van der Waals surface area contributed by atoms with Crippen molar-refractivity contribution < 1.29 is 24.5 Å². The highest BCUT2D eigenvalue weighted by Gasteiger charge is 2.18. The first-order chi connectivity index (χ1) is 31.0. The van der Waals surface area contributed by atoms with Gasteiger partial charge in [-0.15, -0.1) is 0 Å². The number of allylic oxidation sites excluding steroid dienone is 3. The third kappa shape index (κ3) is 49.6. The minimum Gasteiger partial charge on any atom is -0.466 e. The number of esters is 1. The molecule has 63 heavy (non-hydrogen) atoms. The van der Waals surface area contributed by atoms with Gasteiger partial charge < -0.3 is 20.3 Å². The third-order valence-electron chi connectivity index (χ3n) is 13.0. The summed E-state index contributed by atoms with van der Waals surface area (Å²) in [6.45, 7) is 4.82. The van der Waals surface area contributed by atoms with Crippen LogP contribution in [0.3, 0.4) is 0 Å². The van der Waals surface area contributed by atoms with E-state index in [0.29, 0.717) is 19.4 Å². The van der Waals surface area contributed by atoms with Crippen LogP contribution in [-0.2, 0) is 14.3 Å². The van der Waals surface area contributed by atoms with Crippen molar-refractivity contribution in [3.8, 4) is 0 Å². The molecule has 6 nitrogen and oxygen atoms in total. The van der Waals surface area contributed by atoms with Crippen LogP contribution < -0.4 is 5.32 Å². The van der Waals surface area contributed by atoms with E-state index in [0.717, 1.165) is 70.6 Å². The van der Waals surface area contributed by atoms with Gasteiger partial charge in [-0.3, -0.25) is 9.59 Å². The van der Waals surface area contributed by atoms with Crippen LogP contribution >= 0.6 is 0 Å². The van der Waals surface area contributed by atoms with Gasteiger partial charge in [0.15, 0.2) is 0 Å². The predicted octanol–water partition coefficient (Wildman–Crippen LogP) is 17.1. The van der Waals surface area contributed by atoms with Crippen LogP contribution in [0.25, 0.3) is 0 Å². The van der Waals surface area contributed by atoms with E-state index in [1.54, 1.807) is 6.08 Å². The standard InChI is InChI=1S/C57H109NO5/c1-3-5-7-9-11-13-15-17-18-19-20-21-22-23-24-25-26-27-28-29-30-33-37-41-45-49-55(60)54(53-59)58-56(61)50-46-42-38-34-32-36-40-44-48-52-63-57(62)51-47-43-39-35-31-16-14-12-10-8-6-4-2/h34,38,45,49,54-55,59-60H,3-33,35-37,39-44,46-48,50-53H2,1-2H3,(H,58,61)/b38-34-,49-45+. The molecule has 0 aliphatic rings. The lowest BCUT2D eigenvalue weighted by Crippen LogP contribution is -2.45. The van der Waals surface area contributed by atoms with Gasteiger partial charge in [0.05, 0.1) is 25.4 Å². The molecule has 0 heterocycles. The Bertz CT molecular complexity index is 982. The van der Waals surface area contributed by atoms with E-state index < -0.39 is 12.1 Å². The number of carbonyl (C=O) groups is 2. The first-order valence-electron chi connectivity index (χ1n) is 28.1. The molecule has 6 heteroatoms. The maximum atomic E-state index is 12.4. The van der Waals surface area contributed by atoms with E-state index in [9.17, 15) is 19.8 Å². The van der Waals surface area contributed by atoms with Crippen molar-refractivity contribution in [3.63, 3.8) is 0 Å². The van der Waals surface area contributed by atoms with Crippen LogP contribution in [0.15, 0.2) is 24.3 Å². The first kappa shape index (κ1) is 61.3. The van der Waals surface area contributed by atoms with Crippen LogP contribution in [-0.4, -0.2) is 47.4 Å². The average molecular weight is 889 g/mol. The van der Waals surface area contributed by atoms with E-state index in [-0.39, 0.29) is 18.5 Å². The summed E-state index contributed by atoms with van der Waals surface area (Å²) < 4.78 is 5.43. The van der Waals surface area contributed by atoms with Gasteiger partial charge in [0.2, 0.25) is 5.91 Å². The van der Waals surface area contributed by atoms with Crippen LogP contribution in [0, 0.1) is 0 Å². The van der Waals surface area contributed by atoms with E-state index in [2.05, 4.69) is 31.3 Å². The minimum absolute atomic E-state index is 0.0367. The lowest BCUT2D eigenvalue weighted by atomic mass is 10.0. The fraction of sp³-hybridized carbons (Fsp3) is 0.895. The number of hydrogen-bond acceptors (Lipinski definition) is 5. The van der Waals surface area contributed by atoms with Crippen molar-refractivity contribution in [2.75, 3.05) is 13.2 Å². The molecule has 2 unspecified atom stereocenters. The normalized spacial score (nSPS) is 12.8. The molecule has 1 amide bonds. The molecule has 0 bridgehead atoms. The summed E-state index contributed by atoms with van der Waals surface area (Å²) in [4.78, 5) is 24.4. The fourth-order valence-electron chi connectivity index (χ4n) is 8.64. The van der Waals surface area contributed by atoms with Gasteiger partial charge in [0, 0.05) is 12.8 Å². The number of unbranched alkanes of at least 4 members (excludes halogenated alkanes) is 39. The van der Waals surface area contributed by atoms with Crippen LogP contribution in [0.5, 0.6) is 0 Å². The Balaban J connectivity index is 3.55. The van der Waals surface area contributed by atoms with E-state index in [1.807, 2.05) is 6.08 Å². The number of rotatable bonds is 52.